The number of ether oxygens (including phenoxy) is 2. The smallest absolute Gasteiger partial charge is 0.340 e. The Kier molecular flexibility index (Phi) is 5.91. The van der Waals surface area contributed by atoms with Gasteiger partial charge in [-0.05, 0) is 30.2 Å². The van der Waals surface area contributed by atoms with E-state index < -0.39 is 11.8 Å². The van der Waals surface area contributed by atoms with Crippen molar-refractivity contribution in [1.82, 2.24) is 0 Å². The molecule has 0 bridgehead atoms. The van der Waals surface area contributed by atoms with Gasteiger partial charge in [0, 0.05) is 0 Å². The van der Waals surface area contributed by atoms with Crippen LogP contribution < -0.4 is 0 Å². The average molecular weight is 252 g/mol. The van der Waals surface area contributed by atoms with Gasteiger partial charge >= 0.3 is 5.97 Å². The molecule has 0 saturated carbocycles. The SMILES string of the molecule is CCCCOC=Cc1ccc(C(=O)OC)c(F)c1. The molecule has 1 rings (SSSR count). The highest BCUT2D eigenvalue weighted by atomic mass is 19.1. The van der Waals surface area contributed by atoms with E-state index in [1.165, 1.54) is 25.5 Å². The Morgan fingerprint density at radius 3 is 2.83 bits per heavy atom. The Morgan fingerprint density at radius 2 is 2.22 bits per heavy atom. The van der Waals surface area contributed by atoms with Crippen LogP contribution in [0.3, 0.4) is 0 Å². The monoisotopic (exact) mass is 252 g/mol. The van der Waals surface area contributed by atoms with Crippen LogP contribution in [-0.4, -0.2) is 19.7 Å². The minimum atomic E-state index is -0.678. The van der Waals surface area contributed by atoms with Gasteiger partial charge in [-0.1, -0.05) is 19.4 Å². The molecule has 3 nitrogen and oxygen atoms in total. The normalized spacial score (nSPS) is 10.6. The first-order valence-electron chi connectivity index (χ1n) is 5.85. The summed E-state index contributed by atoms with van der Waals surface area (Å²) in [7, 11) is 1.22. The molecule has 4 heteroatoms. The molecule has 0 N–H and O–H groups in total. The Bertz CT molecular complexity index is 427. The highest BCUT2D eigenvalue weighted by molar-refractivity contribution is 5.89. The summed E-state index contributed by atoms with van der Waals surface area (Å²) in [5.41, 5.74) is 0.568. The van der Waals surface area contributed by atoms with Crippen molar-refractivity contribution in [3.05, 3.63) is 41.4 Å². The molecule has 0 aliphatic rings. The van der Waals surface area contributed by atoms with Crippen molar-refractivity contribution in [3.63, 3.8) is 0 Å². The van der Waals surface area contributed by atoms with Gasteiger partial charge in [0.15, 0.2) is 0 Å². The van der Waals surface area contributed by atoms with E-state index in [9.17, 15) is 9.18 Å². The fourth-order valence-electron chi connectivity index (χ4n) is 1.33. The third-order valence-electron chi connectivity index (χ3n) is 2.37. The van der Waals surface area contributed by atoms with Gasteiger partial charge in [0.25, 0.3) is 0 Å². The highest BCUT2D eigenvalue weighted by Crippen LogP contribution is 2.12. The maximum absolute atomic E-state index is 13.5. The molecule has 0 aliphatic heterocycles. The van der Waals surface area contributed by atoms with E-state index in [-0.39, 0.29) is 5.56 Å². The van der Waals surface area contributed by atoms with Gasteiger partial charge in [0.05, 0.1) is 25.5 Å². The topological polar surface area (TPSA) is 35.5 Å². The van der Waals surface area contributed by atoms with Crippen LogP contribution in [-0.2, 0) is 9.47 Å². The molecule has 0 unspecified atom stereocenters. The summed E-state index contributed by atoms with van der Waals surface area (Å²) in [6.45, 7) is 2.73. The molecule has 0 saturated heterocycles. The van der Waals surface area contributed by atoms with E-state index in [0.717, 1.165) is 12.8 Å². The lowest BCUT2D eigenvalue weighted by molar-refractivity contribution is 0.0595. The van der Waals surface area contributed by atoms with Crippen molar-refractivity contribution in [3.8, 4) is 0 Å². The number of carbonyl (C=O) groups is 1. The minimum Gasteiger partial charge on any atom is -0.501 e. The third kappa shape index (κ3) is 4.20. The summed E-state index contributed by atoms with van der Waals surface area (Å²) in [4.78, 5) is 11.2. The first-order chi connectivity index (χ1) is 8.69. The van der Waals surface area contributed by atoms with Crippen molar-refractivity contribution in [2.24, 2.45) is 0 Å². The predicted octanol–water partition coefficient (Wildman–Crippen LogP) is 3.40. The first kappa shape index (κ1) is 14.2. The lowest BCUT2D eigenvalue weighted by Gasteiger charge is -2.02. The first-order valence-corrected chi connectivity index (χ1v) is 5.85. The van der Waals surface area contributed by atoms with Crippen LogP contribution in [0.15, 0.2) is 24.5 Å². The Hall–Kier alpha value is -1.84. The quantitative estimate of drug-likeness (QED) is 0.442. The summed E-state index contributed by atoms with van der Waals surface area (Å²) in [5, 5.41) is 0. The second kappa shape index (κ2) is 7.48. The average Bonchev–Trinajstić information content (AvgIpc) is 2.38. The number of hydrogen-bond acceptors (Lipinski definition) is 3. The van der Waals surface area contributed by atoms with Crippen LogP contribution >= 0.6 is 0 Å². The maximum atomic E-state index is 13.5. The van der Waals surface area contributed by atoms with Crippen molar-refractivity contribution in [2.45, 2.75) is 19.8 Å². The fourth-order valence-corrected chi connectivity index (χ4v) is 1.33. The summed E-state index contributed by atoms with van der Waals surface area (Å²) in [6.07, 6.45) is 5.23. The zero-order chi connectivity index (χ0) is 13.4. The number of esters is 1. The van der Waals surface area contributed by atoms with E-state index in [1.54, 1.807) is 12.1 Å². The van der Waals surface area contributed by atoms with Gasteiger partial charge in [-0.2, -0.15) is 0 Å². The molecule has 0 heterocycles. The Labute approximate surface area is 106 Å². The number of benzene rings is 1. The second-order valence-electron chi connectivity index (χ2n) is 3.76. The van der Waals surface area contributed by atoms with Crippen molar-refractivity contribution < 1.29 is 18.7 Å². The number of halogens is 1. The van der Waals surface area contributed by atoms with Crippen molar-refractivity contribution in [2.75, 3.05) is 13.7 Å². The number of rotatable bonds is 6. The van der Waals surface area contributed by atoms with E-state index in [0.29, 0.717) is 12.2 Å². The van der Waals surface area contributed by atoms with Crippen LogP contribution in [0.25, 0.3) is 6.08 Å². The van der Waals surface area contributed by atoms with Gasteiger partial charge in [0.1, 0.15) is 5.82 Å². The van der Waals surface area contributed by atoms with Crippen LogP contribution in [0.4, 0.5) is 4.39 Å². The highest BCUT2D eigenvalue weighted by Gasteiger charge is 2.11. The standard InChI is InChI=1S/C14H17FO3/c1-3-4-8-18-9-7-11-5-6-12(13(15)10-11)14(16)17-2/h5-7,9-10H,3-4,8H2,1-2H3. The van der Waals surface area contributed by atoms with E-state index in [2.05, 4.69) is 11.7 Å². The van der Waals surface area contributed by atoms with Gasteiger partial charge < -0.3 is 9.47 Å². The molecule has 0 spiro atoms. The lowest BCUT2D eigenvalue weighted by atomic mass is 10.1. The van der Waals surface area contributed by atoms with Gasteiger partial charge in [-0.3, -0.25) is 0 Å². The van der Waals surface area contributed by atoms with Crippen LogP contribution in [0.1, 0.15) is 35.7 Å². The van der Waals surface area contributed by atoms with Crippen LogP contribution in [0, 0.1) is 5.82 Å². The number of carbonyl (C=O) groups excluding carboxylic acids is 1. The van der Waals surface area contributed by atoms with Crippen molar-refractivity contribution in [1.29, 1.82) is 0 Å². The largest absolute Gasteiger partial charge is 0.501 e. The molecular weight excluding hydrogens is 235 g/mol. The lowest BCUT2D eigenvalue weighted by Crippen LogP contribution is -2.04. The second-order valence-corrected chi connectivity index (χ2v) is 3.76. The Balaban J connectivity index is 2.64. The summed E-state index contributed by atoms with van der Waals surface area (Å²) in [6, 6.07) is 4.30. The number of unbranched alkanes of at least 4 members (excludes halogenated alkanes) is 1. The van der Waals surface area contributed by atoms with E-state index >= 15 is 0 Å². The molecule has 18 heavy (non-hydrogen) atoms. The molecule has 0 amide bonds. The molecular formula is C14H17FO3. The van der Waals surface area contributed by atoms with Gasteiger partial charge in [0.2, 0.25) is 0 Å². The number of methoxy groups -OCH3 is 1. The summed E-state index contributed by atoms with van der Waals surface area (Å²) >= 11 is 0. The molecule has 0 fully saturated rings. The van der Waals surface area contributed by atoms with Crippen molar-refractivity contribution >= 4 is 12.0 Å². The van der Waals surface area contributed by atoms with Gasteiger partial charge in [-0.25, -0.2) is 9.18 Å². The number of hydrogen-bond donors (Lipinski definition) is 0. The Morgan fingerprint density at radius 1 is 1.44 bits per heavy atom. The summed E-state index contributed by atoms with van der Waals surface area (Å²) in [5.74, 6) is -1.28. The predicted molar refractivity (Wildman–Crippen MR) is 67.6 cm³/mol. The molecule has 0 radical (unpaired) electrons. The van der Waals surface area contributed by atoms with Crippen LogP contribution in [0.2, 0.25) is 0 Å². The minimum absolute atomic E-state index is 0.0680. The van der Waals surface area contributed by atoms with E-state index in [4.69, 9.17) is 4.74 Å². The molecule has 1 aromatic rings. The molecule has 0 aromatic heterocycles. The fraction of sp³-hybridized carbons (Fsp3) is 0.357. The molecule has 0 aliphatic carbocycles. The van der Waals surface area contributed by atoms with E-state index in [1.807, 2.05) is 0 Å². The van der Waals surface area contributed by atoms with Crippen LogP contribution in [0.5, 0.6) is 0 Å². The molecule has 1 aromatic carbocycles. The zero-order valence-electron chi connectivity index (χ0n) is 10.6. The van der Waals surface area contributed by atoms with Gasteiger partial charge in [-0.15, -0.1) is 0 Å². The third-order valence-corrected chi connectivity index (χ3v) is 2.37. The summed E-state index contributed by atoms with van der Waals surface area (Å²) < 4.78 is 23.2. The molecule has 98 valence electrons. The maximum Gasteiger partial charge on any atom is 0.340 e. The zero-order valence-corrected chi connectivity index (χ0v) is 10.6. The molecule has 0 atom stereocenters.